The highest BCUT2D eigenvalue weighted by Crippen LogP contribution is 2.19. The van der Waals surface area contributed by atoms with Crippen molar-refractivity contribution in [3.05, 3.63) is 41.8 Å². The van der Waals surface area contributed by atoms with Crippen LogP contribution in [0.3, 0.4) is 0 Å². The van der Waals surface area contributed by atoms with Gasteiger partial charge in [-0.05, 0) is 37.1 Å². The molecule has 174 valence electrons. The van der Waals surface area contributed by atoms with E-state index in [9.17, 15) is 13.2 Å². The Morgan fingerprint density at radius 1 is 1.03 bits per heavy atom. The molecule has 9 nitrogen and oxygen atoms in total. The Bertz CT molecular complexity index is 1010. The first kappa shape index (κ1) is 23.0. The standard InChI is InChI=1S/C21H28ClN5O4S/c22-18-3-5-19(6-4-18)31-14-13-24-9-11-26(12-10-24)21(28)16-25-15-20(23-17-25)32(29,30)27-7-1-2-8-27/h3-6,15,17H,1-2,7-14,16H2. The minimum absolute atomic E-state index is 0.0118. The van der Waals surface area contributed by atoms with Crippen LogP contribution in [0.4, 0.5) is 0 Å². The van der Waals surface area contributed by atoms with Crippen LogP contribution in [0.1, 0.15) is 12.8 Å². The average Bonchev–Trinajstić information content (AvgIpc) is 3.49. The highest BCUT2D eigenvalue weighted by molar-refractivity contribution is 7.89. The lowest BCUT2D eigenvalue weighted by Crippen LogP contribution is -2.50. The van der Waals surface area contributed by atoms with Crippen LogP contribution in [-0.4, -0.2) is 90.4 Å². The van der Waals surface area contributed by atoms with Gasteiger partial charge in [0.05, 0.1) is 6.33 Å². The summed E-state index contributed by atoms with van der Waals surface area (Å²) >= 11 is 5.88. The van der Waals surface area contributed by atoms with Crippen molar-refractivity contribution in [2.75, 3.05) is 52.4 Å². The van der Waals surface area contributed by atoms with E-state index in [0.29, 0.717) is 37.8 Å². The second-order valence-corrected chi connectivity index (χ2v) is 10.3. The third-order valence-corrected chi connectivity index (χ3v) is 7.85. The number of benzene rings is 1. The summed E-state index contributed by atoms with van der Waals surface area (Å²) in [5.41, 5.74) is 0. The van der Waals surface area contributed by atoms with E-state index in [1.165, 1.54) is 16.8 Å². The fourth-order valence-electron chi connectivity index (χ4n) is 3.92. The van der Waals surface area contributed by atoms with E-state index in [2.05, 4.69) is 9.88 Å². The Kier molecular flexibility index (Phi) is 7.34. The number of aromatic nitrogens is 2. The molecule has 11 heteroatoms. The van der Waals surface area contributed by atoms with Crippen molar-refractivity contribution in [2.24, 2.45) is 0 Å². The summed E-state index contributed by atoms with van der Waals surface area (Å²) < 4.78 is 33.9. The van der Waals surface area contributed by atoms with Gasteiger partial charge in [-0.2, -0.15) is 4.31 Å². The molecule has 1 amide bonds. The van der Waals surface area contributed by atoms with Crippen molar-refractivity contribution in [3.8, 4) is 5.75 Å². The van der Waals surface area contributed by atoms with Crippen LogP contribution in [0.2, 0.25) is 5.02 Å². The van der Waals surface area contributed by atoms with Crippen molar-refractivity contribution in [1.82, 2.24) is 23.7 Å². The lowest BCUT2D eigenvalue weighted by atomic mass is 10.3. The van der Waals surface area contributed by atoms with Gasteiger partial charge in [0.25, 0.3) is 10.0 Å². The lowest BCUT2D eigenvalue weighted by molar-refractivity contribution is -0.133. The van der Waals surface area contributed by atoms with E-state index in [4.69, 9.17) is 16.3 Å². The lowest BCUT2D eigenvalue weighted by Gasteiger charge is -2.34. The molecule has 0 aliphatic carbocycles. The van der Waals surface area contributed by atoms with Gasteiger partial charge in [-0.1, -0.05) is 11.6 Å². The Morgan fingerprint density at radius 2 is 1.72 bits per heavy atom. The Hall–Kier alpha value is -2.14. The second kappa shape index (κ2) is 10.2. The number of carbonyl (C=O) groups is 1. The second-order valence-electron chi connectivity index (χ2n) is 8.02. The molecule has 2 fully saturated rings. The number of sulfonamides is 1. The summed E-state index contributed by atoms with van der Waals surface area (Å²) in [4.78, 5) is 20.8. The van der Waals surface area contributed by atoms with E-state index >= 15 is 0 Å². The SMILES string of the molecule is O=C(Cn1cnc(S(=O)(=O)N2CCCC2)c1)N1CCN(CCOc2ccc(Cl)cc2)CC1. The van der Waals surface area contributed by atoms with Crippen molar-refractivity contribution in [3.63, 3.8) is 0 Å². The molecule has 0 saturated carbocycles. The van der Waals surface area contributed by atoms with Crippen LogP contribution < -0.4 is 4.74 Å². The van der Waals surface area contributed by atoms with E-state index in [1.807, 2.05) is 17.0 Å². The number of halogens is 1. The molecule has 0 N–H and O–H groups in total. The van der Waals surface area contributed by atoms with E-state index in [-0.39, 0.29) is 17.5 Å². The molecule has 2 aliphatic heterocycles. The van der Waals surface area contributed by atoms with Gasteiger partial charge in [0.1, 0.15) is 18.9 Å². The van der Waals surface area contributed by atoms with Gasteiger partial charge in [0.15, 0.2) is 5.03 Å². The number of imidazole rings is 1. The predicted octanol–water partition coefficient (Wildman–Crippen LogP) is 1.54. The maximum absolute atomic E-state index is 12.7. The number of carbonyl (C=O) groups excluding carboxylic acids is 1. The first-order valence-corrected chi connectivity index (χ1v) is 12.6. The highest BCUT2D eigenvalue weighted by atomic mass is 35.5. The molecule has 2 aromatic rings. The molecule has 3 heterocycles. The molecule has 1 aromatic heterocycles. The number of hydrogen-bond acceptors (Lipinski definition) is 6. The van der Waals surface area contributed by atoms with Crippen molar-refractivity contribution >= 4 is 27.5 Å². The van der Waals surface area contributed by atoms with Gasteiger partial charge < -0.3 is 14.2 Å². The number of hydrogen-bond donors (Lipinski definition) is 0. The van der Waals surface area contributed by atoms with Gasteiger partial charge in [0.2, 0.25) is 5.91 Å². The van der Waals surface area contributed by atoms with Crippen LogP contribution in [0, 0.1) is 0 Å². The van der Waals surface area contributed by atoms with Gasteiger partial charge in [-0.25, -0.2) is 13.4 Å². The molecule has 0 atom stereocenters. The number of piperazine rings is 1. The third kappa shape index (κ3) is 5.61. The average molecular weight is 482 g/mol. The molecule has 0 radical (unpaired) electrons. The highest BCUT2D eigenvalue weighted by Gasteiger charge is 2.29. The molecule has 32 heavy (non-hydrogen) atoms. The summed E-state index contributed by atoms with van der Waals surface area (Å²) in [6.45, 7) is 5.31. The molecular formula is C21H28ClN5O4S. The zero-order valence-electron chi connectivity index (χ0n) is 17.9. The van der Waals surface area contributed by atoms with Crippen molar-refractivity contribution in [2.45, 2.75) is 24.4 Å². The quantitative estimate of drug-likeness (QED) is 0.568. The van der Waals surface area contributed by atoms with Gasteiger partial charge >= 0.3 is 0 Å². The number of nitrogens with zero attached hydrogens (tertiary/aromatic N) is 5. The normalized spacial score (nSPS) is 18.2. The fourth-order valence-corrected chi connectivity index (χ4v) is 5.50. The largest absolute Gasteiger partial charge is 0.492 e. The van der Waals surface area contributed by atoms with Gasteiger partial charge in [-0.3, -0.25) is 9.69 Å². The van der Waals surface area contributed by atoms with Gasteiger partial charge in [0, 0.05) is 57.0 Å². The summed E-state index contributed by atoms with van der Waals surface area (Å²) in [5, 5.41) is 0.691. The fraction of sp³-hybridized carbons (Fsp3) is 0.524. The first-order chi connectivity index (χ1) is 15.4. The summed E-state index contributed by atoms with van der Waals surface area (Å²) in [7, 11) is -3.57. The first-order valence-electron chi connectivity index (χ1n) is 10.8. The smallest absolute Gasteiger partial charge is 0.262 e. The maximum Gasteiger partial charge on any atom is 0.262 e. The van der Waals surface area contributed by atoms with Crippen molar-refractivity contribution in [1.29, 1.82) is 0 Å². The molecule has 0 spiro atoms. The van der Waals surface area contributed by atoms with Crippen LogP contribution in [0.15, 0.2) is 41.8 Å². The summed E-state index contributed by atoms with van der Waals surface area (Å²) in [6, 6.07) is 7.28. The molecule has 2 saturated heterocycles. The maximum atomic E-state index is 12.7. The van der Waals surface area contributed by atoms with Crippen LogP contribution in [-0.2, 0) is 21.4 Å². The van der Waals surface area contributed by atoms with E-state index in [1.54, 1.807) is 16.7 Å². The molecule has 1 aromatic carbocycles. The zero-order chi connectivity index (χ0) is 22.6. The Labute approximate surface area is 193 Å². The van der Waals surface area contributed by atoms with E-state index in [0.717, 1.165) is 38.2 Å². The third-order valence-electron chi connectivity index (χ3n) is 5.81. The topological polar surface area (TPSA) is 88.0 Å². The van der Waals surface area contributed by atoms with Gasteiger partial charge in [-0.15, -0.1) is 0 Å². The minimum Gasteiger partial charge on any atom is -0.492 e. The van der Waals surface area contributed by atoms with E-state index < -0.39 is 10.0 Å². The zero-order valence-corrected chi connectivity index (χ0v) is 19.5. The van der Waals surface area contributed by atoms with Crippen LogP contribution >= 0.6 is 11.6 Å². The molecule has 4 rings (SSSR count). The van der Waals surface area contributed by atoms with Crippen molar-refractivity contribution < 1.29 is 17.9 Å². The number of ether oxygens (including phenoxy) is 1. The summed E-state index contributed by atoms with van der Waals surface area (Å²) in [6.07, 6.45) is 4.62. The van der Waals surface area contributed by atoms with Crippen LogP contribution in [0.25, 0.3) is 0 Å². The molecule has 2 aliphatic rings. The Balaban J connectivity index is 1.21. The monoisotopic (exact) mass is 481 g/mol. The molecule has 0 unspecified atom stereocenters. The minimum atomic E-state index is -3.57. The summed E-state index contributed by atoms with van der Waals surface area (Å²) in [5.74, 6) is 0.749. The molecule has 0 bridgehead atoms. The van der Waals surface area contributed by atoms with Crippen LogP contribution in [0.5, 0.6) is 5.75 Å². The Morgan fingerprint density at radius 3 is 2.41 bits per heavy atom. The number of rotatable bonds is 8. The number of amides is 1. The predicted molar refractivity (Wildman–Crippen MR) is 120 cm³/mol. The molecular weight excluding hydrogens is 454 g/mol.